The van der Waals surface area contributed by atoms with Gasteiger partial charge in [0.15, 0.2) is 0 Å². The summed E-state index contributed by atoms with van der Waals surface area (Å²) in [5.74, 6) is 0.500. The van der Waals surface area contributed by atoms with E-state index >= 15 is 0 Å². The number of rotatable bonds is 4. The van der Waals surface area contributed by atoms with Crippen molar-refractivity contribution in [2.75, 3.05) is 6.61 Å². The van der Waals surface area contributed by atoms with Crippen LogP contribution in [0.25, 0.3) is 0 Å². The summed E-state index contributed by atoms with van der Waals surface area (Å²) in [7, 11) is 0. The zero-order chi connectivity index (χ0) is 15.6. The Morgan fingerprint density at radius 1 is 1.13 bits per heavy atom. The van der Waals surface area contributed by atoms with Crippen LogP contribution < -0.4 is 5.32 Å². The highest BCUT2D eigenvalue weighted by Gasteiger charge is 2.45. The van der Waals surface area contributed by atoms with Gasteiger partial charge in [-0.05, 0) is 36.5 Å². The molecule has 118 valence electrons. The summed E-state index contributed by atoms with van der Waals surface area (Å²) in [6.07, 6.45) is 8.82. The maximum Gasteiger partial charge on any atom is 0.224 e. The first-order chi connectivity index (χ1) is 11.3. The van der Waals surface area contributed by atoms with Crippen LogP contribution in [0.15, 0.2) is 49.1 Å². The average molecular weight is 309 g/mol. The fourth-order valence-corrected chi connectivity index (χ4v) is 3.35. The maximum atomic E-state index is 12.5. The summed E-state index contributed by atoms with van der Waals surface area (Å²) in [6, 6.07) is 7.89. The number of nitrogens with zero attached hydrogens (tertiary/aromatic N) is 2. The van der Waals surface area contributed by atoms with Gasteiger partial charge in [-0.1, -0.05) is 12.1 Å². The summed E-state index contributed by atoms with van der Waals surface area (Å²) >= 11 is 0. The number of hydrogen-bond acceptors (Lipinski definition) is 4. The Balaban J connectivity index is 1.39. The van der Waals surface area contributed by atoms with Crippen LogP contribution >= 0.6 is 0 Å². The fourth-order valence-electron chi connectivity index (χ4n) is 3.35. The molecule has 3 heterocycles. The first kappa shape index (κ1) is 14.3. The molecule has 5 heteroatoms. The molecular formula is C18H19N3O2. The molecule has 4 atom stereocenters. The van der Waals surface area contributed by atoms with Gasteiger partial charge in [-0.25, -0.2) is 0 Å². The van der Waals surface area contributed by atoms with Crippen molar-refractivity contribution in [3.63, 3.8) is 0 Å². The molecule has 0 aromatic carbocycles. The molecule has 1 aliphatic carbocycles. The van der Waals surface area contributed by atoms with Gasteiger partial charge in [0.1, 0.15) is 6.10 Å². The van der Waals surface area contributed by atoms with Gasteiger partial charge in [0, 0.05) is 42.9 Å². The maximum absolute atomic E-state index is 12.5. The first-order valence-corrected chi connectivity index (χ1v) is 8.05. The van der Waals surface area contributed by atoms with Crippen molar-refractivity contribution < 1.29 is 9.53 Å². The normalized spacial score (nSPS) is 29.2. The SMILES string of the molecule is O=C(N[C@H]1CCO[C@@H]1c1cccnc1)[C@H]1C[C@@H]1c1cccnc1. The lowest BCUT2D eigenvalue weighted by atomic mass is 10.0. The van der Waals surface area contributed by atoms with E-state index in [1.54, 1.807) is 12.4 Å². The lowest BCUT2D eigenvalue weighted by Crippen LogP contribution is -2.38. The number of carbonyl (C=O) groups is 1. The molecule has 1 amide bonds. The van der Waals surface area contributed by atoms with Gasteiger partial charge in [-0.3, -0.25) is 14.8 Å². The molecule has 2 aromatic rings. The van der Waals surface area contributed by atoms with Crippen LogP contribution in [0.1, 0.15) is 36.0 Å². The molecule has 0 unspecified atom stereocenters. The van der Waals surface area contributed by atoms with E-state index in [1.165, 1.54) is 0 Å². The van der Waals surface area contributed by atoms with E-state index in [0.717, 1.165) is 24.0 Å². The summed E-state index contributed by atoms with van der Waals surface area (Å²) in [5.41, 5.74) is 2.18. The average Bonchev–Trinajstić information content (AvgIpc) is 3.29. The summed E-state index contributed by atoms with van der Waals surface area (Å²) in [4.78, 5) is 20.8. The van der Waals surface area contributed by atoms with Crippen molar-refractivity contribution in [2.45, 2.75) is 30.9 Å². The first-order valence-electron chi connectivity index (χ1n) is 8.05. The fraction of sp³-hybridized carbons (Fsp3) is 0.389. The Morgan fingerprint density at radius 3 is 2.57 bits per heavy atom. The van der Waals surface area contributed by atoms with Crippen LogP contribution in [-0.2, 0) is 9.53 Å². The predicted octanol–water partition coefficient (Wildman–Crippen LogP) is 2.23. The minimum absolute atomic E-state index is 0.0295. The van der Waals surface area contributed by atoms with E-state index < -0.39 is 0 Å². The number of hydrogen-bond donors (Lipinski definition) is 1. The molecule has 0 spiro atoms. The Bertz CT molecular complexity index is 677. The topological polar surface area (TPSA) is 64.1 Å². The molecule has 1 saturated heterocycles. The third-order valence-corrected chi connectivity index (χ3v) is 4.67. The van der Waals surface area contributed by atoms with Gasteiger partial charge in [0.25, 0.3) is 0 Å². The Kier molecular flexibility index (Phi) is 3.79. The zero-order valence-corrected chi connectivity index (χ0v) is 12.8. The smallest absolute Gasteiger partial charge is 0.224 e. The second-order valence-electron chi connectivity index (χ2n) is 6.22. The number of aromatic nitrogens is 2. The van der Waals surface area contributed by atoms with E-state index in [9.17, 15) is 4.79 Å². The molecule has 0 bridgehead atoms. The van der Waals surface area contributed by atoms with Gasteiger partial charge in [-0.2, -0.15) is 0 Å². The largest absolute Gasteiger partial charge is 0.371 e. The quantitative estimate of drug-likeness (QED) is 0.940. The van der Waals surface area contributed by atoms with Crippen LogP contribution in [0.5, 0.6) is 0 Å². The molecule has 2 fully saturated rings. The van der Waals surface area contributed by atoms with Gasteiger partial charge in [-0.15, -0.1) is 0 Å². The summed E-state index contributed by atoms with van der Waals surface area (Å²) in [5, 5.41) is 3.18. The van der Waals surface area contributed by atoms with Crippen molar-refractivity contribution in [1.82, 2.24) is 15.3 Å². The van der Waals surface area contributed by atoms with E-state index in [4.69, 9.17) is 4.74 Å². The van der Waals surface area contributed by atoms with Crippen molar-refractivity contribution in [3.8, 4) is 0 Å². The third-order valence-electron chi connectivity index (χ3n) is 4.67. The van der Waals surface area contributed by atoms with Gasteiger partial charge in [0.2, 0.25) is 5.91 Å². The molecule has 1 N–H and O–H groups in total. The number of pyridine rings is 2. The summed E-state index contributed by atoms with van der Waals surface area (Å²) < 4.78 is 5.80. The molecule has 2 aliphatic rings. The van der Waals surface area contributed by atoms with E-state index in [-0.39, 0.29) is 24.0 Å². The molecule has 1 saturated carbocycles. The highest BCUT2D eigenvalue weighted by Crippen LogP contribution is 2.47. The minimum atomic E-state index is -0.0942. The van der Waals surface area contributed by atoms with Gasteiger partial charge >= 0.3 is 0 Å². The number of amides is 1. The molecule has 23 heavy (non-hydrogen) atoms. The van der Waals surface area contributed by atoms with E-state index in [0.29, 0.717) is 12.5 Å². The molecule has 0 radical (unpaired) electrons. The number of ether oxygens (including phenoxy) is 1. The van der Waals surface area contributed by atoms with Crippen LogP contribution in [0, 0.1) is 5.92 Å². The monoisotopic (exact) mass is 309 g/mol. The van der Waals surface area contributed by atoms with Crippen LogP contribution in [-0.4, -0.2) is 28.5 Å². The van der Waals surface area contributed by atoms with Gasteiger partial charge in [0.05, 0.1) is 6.04 Å². The molecule has 4 rings (SSSR count). The number of nitrogens with one attached hydrogen (secondary N) is 1. The third kappa shape index (κ3) is 2.97. The van der Waals surface area contributed by atoms with Crippen LogP contribution in [0.4, 0.5) is 0 Å². The molecule has 1 aliphatic heterocycles. The highest BCUT2D eigenvalue weighted by atomic mass is 16.5. The highest BCUT2D eigenvalue weighted by molar-refractivity contribution is 5.83. The number of carbonyl (C=O) groups excluding carboxylic acids is 1. The summed E-state index contributed by atoms with van der Waals surface area (Å²) in [6.45, 7) is 0.668. The molecule has 2 aromatic heterocycles. The lowest BCUT2D eigenvalue weighted by Gasteiger charge is -2.20. The van der Waals surface area contributed by atoms with Crippen LogP contribution in [0.3, 0.4) is 0 Å². The van der Waals surface area contributed by atoms with E-state index in [2.05, 4.69) is 15.3 Å². The van der Waals surface area contributed by atoms with Crippen molar-refractivity contribution in [3.05, 3.63) is 60.2 Å². The minimum Gasteiger partial charge on any atom is -0.371 e. The van der Waals surface area contributed by atoms with Gasteiger partial charge < -0.3 is 10.1 Å². The zero-order valence-electron chi connectivity index (χ0n) is 12.8. The second-order valence-corrected chi connectivity index (χ2v) is 6.22. The Hall–Kier alpha value is -2.27. The standard InChI is InChI=1S/C18H19N3O2/c22-18(15-9-14(15)12-3-1-6-19-10-12)21-16-5-8-23-17(16)13-4-2-7-20-11-13/h1-4,6-7,10-11,14-17H,5,8-9H2,(H,21,22)/t14-,15+,16+,17-/m1/s1. The van der Waals surface area contributed by atoms with Crippen LogP contribution in [0.2, 0.25) is 0 Å². The van der Waals surface area contributed by atoms with Crippen molar-refractivity contribution in [2.24, 2.45) is 5.92 Å². The predicted molar refractivity (Wildman–Crippen MR) is 84.6 cm³/mol. The molecule has 5 nitrogen and oxygen atoms in total. The molecular weight excluding hydrogens is 290 g/mol. The van der Waals surface area contributed by atoms with E-state index in [1.807, 2.05) is 36.7 Å². The van der Waals surface area contributed by atoms with Crippen molar-refractivity contribution in [1.29, 1.82) is 0 Å². The lowest BCUT2D eigenvalue weighted by molar-refractivity contribution is -0.123. The Morgan fingerprint density at radius 2 is 1.87 bits per heavy atom. The second kappa shape index (κ2) is 6.08. The van der Waals surface area contributed by atoms with Crippen molar-refractivity contribution >= 4 is 5.91 Å². The Labute approximate surface area is 135 Å².